The van der Waals surface area contributed by atoms with Crippen LogP contribution in [-0.4, -0.2) is 23.4 Å². The lowest BCUT2D eigenvalue weighted by Gasteiger charge is -2.12. The predicted molar refractivity (Wildman–Crippen MR) is 82.6 cm³/mol. The van der Waals surface area contributed by atoms with Gasteiger partial charge in [-0.1, -0.05) is 34.1 Å². The van der Waals surface area contributed by atoms with Gasteiger partial charge in [-0.05, 0) is 18.2 Å². The summed E-state index contributed by atoms with van der Waals surface area (Å²) in [5, 5.41) is 9.45. The maximum Gasteiger partial charge on any atom is 0.377 e. The van der Waals surface area contributed by atoms with Crippen molar-refractivity contribution >= 4 is 33.3 Å². The molecule has 2 N–H and O–H groups in total. The van der Waals surface area contributed by atoms with Gasteiger partial charge in [0.2, 0.25) is 12.3 Å². The van der Waals surface area contributed by atoms with Crippen molar-refractivity contribution in [3.63, 3.8) is 0 Å². The molecule has 0 amide bonds. The molecule has 0 aliphatic carbocycles. The number of aliphatic hydroxyl groups excluding tert-OH is 1. The monoisotopic (exact) mass is 364 g/mol. The minimum atomic E-state index is -0.783. The van der Waals surface area contributed by atoms with Crippen LogP contribution in [0.15, 0.2) is 42.5 Å². The number of hydrogen-bond acceptors (Lipinski definition) is 2. The van der Waals surface area contributed by atoms with Gasteiger partial charge in [0.05, 0.1) is 0 Å². The van der Waals surface area contributed by atoms with Crippen molar-refractivity contribution in [1.82, 2.24) is 0 Å². The Labute approximate surface area is 134 Å². The normalized spacial score (nSPS) is 14.5. The third kappa shape index (κ3) is 2.74. The number of nitrogens with one attached hydrogen (secondary N) is 1. The Morgan fingerprint density at radius 3 is 2.86 bits per heavy atom. The summed E-state index contributed by atoms with van der Waals surface area (Å²) in [4.78, 5) is 14.5. The van der Waals surface area contributed by atoms with Gasteiger partial charge in [-0.3, -0.25) is 4.79 Å². The first-order valence-corrected chi connectivity index (χ1v) is 7.49. The number of alkyl halides is 1. The number of ketones is 1. The molecule has 0 spiro atoms. The zero-order valence-electron chi connectivity index (χ0n) is 11.3. The SMILES string of the molecule is O=C(c1ccc2c(c1)[NH+]=C(O)CO2)C(Br)c1ccccc1F. The van der Waals surface area contributed by atoms with E-state index in [2.05, 4.69) is 20.9 Å². The summed E-state index contributed by atoms with van der Waals surface area (Å²) in [5.41, 5.74) is 1.17. The van der Waals surface area contributed by atoms with Gasteiger partial charge < -0.3 is 9.84 Å². The average Bonchev–Trinajstić information content (AvgIpc) is 2.53. The Hall–Kier alpha value is -2.21. The number of aliphatic hydroxyl groups is 1. The molecule has 0 radical (unpaired) electrons. The zero-order chi connectivity index (χ0) is 15.7. The van der Waals surface area contributed by atoms with Crippen LogP contribution in [0.3, 0.4) is 0 Å². The van der Waals surface area contributed by atoms with E-state index in [0.717, 1.165) is 0 Å². The van der Waals surface area contributed by atoms with E-state index in [-0.39, 0.29) is 23.9 Å². The standard InChI is InChI=1S/C16H11BrFNO3/c17-15(10-3-1-2-4-11(10)18)16(21)9-5-6-13-12(7-9)19-14(20)8-22-13/h1-7,15H,8H2,(H,19,20)/p+1. The molecule has 2 aromatic rings. The molecule has 0 aromatic heterocycles. The number of halogens is 2. The van der Waals surface area contributed by atoms with Crippen LogP contribution in [0.5, 0.6) is 5.75 Å². The number of benzene rings is 2. The van der Waals surface area contributed by atoms with E-state index in [1.54, 1.807) is 36.4 Å². The van der Waals surface area contributed by atoms with Crippen molar-refractivity contribution in [1.29, 1.82) is 0 Å². The average molecular weight is 365 g/mol. The molecular weight excluding hydrogens is 353 g/mol. The highest BCUT2D eigenvalue weighted by atomic mass is 79.9. The van der Waals surface area contributed by atoms with E-state index in [0.29, 0.717) is 17.0 Å². The zero-order valence-corrected chi connectivity index (χ0v) is 12.9. The smallest absolute Gasteiger partial charge is 0.377 e. The Balaban J connectivity index is 1.93. The number of rotatable bonds is 3. The number of carbonyl (C=O) groups is 1. The van der Waals surface area contributed by atoms with Crippen molar-refractivity contribution in [2.75, 3.05) is 6.61 Å². The molecule has 3 rings (SSSR count). The van der Waals surface area contributed by atoms with E-state index in [9.17, 15) is 14.3 Å². The largest absolute Gasteiger partial charge is 0.472 e. The molecule has 0 bridgehead atoms. The van der Waals surface area contributed by atoms with Crippen molar-refractivity contribution in [2.45, 2.75) is 4.83 Å². The van der Waals surface area contributed by atoms with Crippen LogP contribution in [0.4, 0.5) is 10.1 Å². The van der Waals surface area contributed by atoms with Gasteiger partial charge in [-0.2, -0.15) is 4.99 Å². The number of ether oxygens (including phenoxy) is 1. The van der Waals surface area contributed by atoms with E-state index < -0.39 is 10.6 Å². The second-order valence-electron chi connectivity index (χ2n) is 4.82. The number of hydrogen-bond donors (Lipinski definition) is 2. The first kappa shape index (κ1) is 14.7. The third-order valence-corrected chi connectivity index (χ3v) is 4.22. The van der Waals surface area contributed by atoms with Gasteiger partial charge in [0.25, 0.3) is 0 Å². The predicted octanol–water partition coefficient (Wildman–Crippen LogP) is 2.21. The van der Waals surface area contributed by atoms with Gasteiger partial charge in [-0.25, -0.2) is 4.39 Å². The molecule has 0 saturated carbocycles. The summed E-state index contributed by atoms with van der Waals surface area (Å²) in [6.07, 6.45) is 0. The molecule has 1 aliphatic heterocycles. The minimum Gasteiger partial charge on any atom is -0.472 e. The van der Waals surface area contributed by atoms with E-state index in [1.807, 2.05) is 0 Å². The molecule has 6 heteroatoms. The molecule has 2 aromatic carbocycles. The lowest BCUT2D eigenvalue weighted by atomic mass is 10.0. The molecule has 1 aliphatic rings. The molecule has 112 valence electrons. The summed E-state index contributed by atoms with van der Waals surface area (Å²) in [6.45, 7) is 0.0661. The van der Waals surface area contributed by atoms with Gasteiger partial charge in [0.1, 0.15) is 10.6 Å². The molecule has 1 atom stereocenters. The van der Waals surface area contributed by atoms with Crippen LogP contribution in [0.25, 0.3) is 0 Å². The molecule has 0 saturated heterocycles. The molecule has 4 nitrogen and oxygen atoms in total. The second-order valence-corrected chi connectivity index (χ2v) is 5.74. The number of Topliss-reactive ketones (excluding diaryl/α,β-unsaturated/α-hetero) is 1. The molecule has 0 fully saturated rings. The van der Waals surface area contributed by atoms with Crippen LogP contribution in [0.1, 0.15) is 20.7 Å². The van der Waals surface area contributed by atoms with Crippen LogP contribution >= 0.6 is 15.9 Å². The van der Waals surface area contributed by atoms with Gasteiger partial charge >= 0.3 is 5.90 Å². The van der Waals surface area contributed by atoms with Crippen LogP contribution in [0, 0.1) is 5.82 Å². The van der Waals surface area contributed by atoms with Crippen LogP contribution in [0.2, 0.25) is 0 Å². The van der Waals surface area contributed by atoms with Crippen LogP contribution < -0.4 is 9.73 Å². The van der Waals surface area contributed by atoms with Crippen molar-refractivity contribution in [2.24, 2.45) is 0 Å². The Bertz CT molecular complexity index is 776. The van der Waals surface area contributed by atoms with E-state index >= 15 is 0 Å². The topological polar surface area (TPSA) is 60.5 Å². The van der Waals surface area contributed by atoms with Gasteiger partial charge in [-0.15, -0.1) is 0 Å². The first-order valence-electron chi connectivity index (χ1n) is 6.57. The fraction of sp³-hybridized carbons (Fsp3) is 0.125. The summed E-state index contributed by atoms with van der Waals surface area (Å²) < 4.78 is 19.1. The maximum absolute atomic E-state index is 13.8. The minimum absolute atomic E-state index is 0.0263. The third-order valence-electron chi connectivity index (χ3n) is 3.32. The fourth-order valence-corrected chi connectivity index (χ4v) is 2.85. The maximum atomic E-state index is 13.8. The highest BCUT2D eigenvalue weighted by Crippen LogP contribution is 2.31. The molecule has 1 heterocycles. The molecular formula is C16H12BrFNO3+. The lowest BCUT2D eigenvalue weighted by Crippen LogP contribution is -2.69. The Kier molecular flexibility index (Phi) is 3.94. The Morgan fingerprint density at radius 2 is 2.09 bits per heavy atom. The summed E-state index contributed by atoms with van der Waals surface area (Å²) in [5.74, 6) is -0.198. The van der Waals surface area contributed by atoms with Gasteiger partial charge in [0.15, 0.2) is 11.5 Å². The summed E-state index contributed by atoms with van der Waals surface area (Å²) in [7, 11) is 0. The van der Waals surface area contributed by atoms with Crippen molar-refractivity contribution < 1.29 is 24.0 Å². The van der Waals surface area contributed by atoms with E-state index in [1.165, 1.54) is 6.07 Å². The lowest BCUT2D eigenvalue weighted by molar-refractivity contribution is -0.374. The highest BCUT2D eigenvalue weighted by Gasteiger charge is 2.25. The van der Waals surface area contributed by atoms with E-state index in [4.69, 9.17) is 4.74 Å². The van der Waals surface area contributed by atoms with Crippen molar-refractivity contribution in [3.8, 4) is 5.75 Å². The summed E-state index contributed by atoms with van der Waals surface area (Å²) in [6, 6.07) is 10.9. The number of fused-ring (bicyclic) bond motifs is 1. The first-order chi connectivity index (χ1) is 10.6. The molecule has 22 heavy (non-hydrogen) atoms. The molecule has 1 unspecified atom stereocenters. The van der Waals surface area contributed by atoms with Gasteiger partial charge in [0, 0.05) is 17.2 Å². The van der Waals surface area contributed by atoms with Crippen molar-refractivity contribution in [3.05, 3.63) is 59.4 Å². The summed E-state index contributed by atoms with van der Waals surface area (Å²) >= 11 is 3.25. The Morgan fingerprint density at radius 1 is 1.32 bits per heavy atom. The number of carbonyl (C=O) groups excluding carboxylic acids is 1. The quantitative estimate of drug-likeness (QED) is 0.648. The highest BCUT2D eigenvalue weighted by molar-refractivity contribution is 9.09. The van der Waals surface area contributed by atoms with Crippen LogP contribution in [-0.2, 0) is 0 Å². The fourth-order valence-electron chi connectivity index (χ4n) is 2.21. The second kappa shape index (κ2) is 5.88.